The lowest BCUT2D eigenvalue weighted by Gasteiger charge is -2.62. The fourth-order valence-electron chi connectivity index (χ4n) is 11.1. The Balaban J connectivity index is 1.29. The second-order valence-corrected chi connectivity index (χ2v) is 17.1. The average Bonchev–Trinajstić information content (AvgIpc) is 3.24. The molecule has 2 saturated carbocycles. The maximum Gasteiger partial charge on any atom is 0.306 e. The highest BCUT2D eigenvalue weighted by Crippen LogP contribution is 2.72. The number of carboxylic acid groups (broad SMARTS) is 1. The van der Waals surface area contributed by atoms with E-state index >= 15 is 0 Å². The van der Waals surface area contributed by atoms with Gasteiger partial charge in [0.25, 0.3) is 0 Å². The van der Waals surface area contributed by atoms with Crippen LogP contribution in [0, 0.1) is 39.4 Å². The Bertz CT molecular complexity index is 1150. The van der Waals surface area contributed by atoms with Gasteiger partial charge in [-0.3, -0.25) is 4.79 Å². The third kappa shape index (κ3) is 5.64. The molecule has 0 bridgehead atoms. The Morgan fingerprint density at radius 1 is 0.933 bits per heavy atom. The molecule has 4 aliphatic carbocycles. The third-order valence-corrected chi connectivity index (χ3v) is 14.2. The zero-order chi connectivity index (χ0) is 33.3. The number of carboxylic acids is 1. The maximum atomic E-state index is 12.9. The van der Waals surface area contributed by atoms with Crippen molar-refractivity contribution >= 4 is 5.97 Å². The van der Waals surface area contributed by atoms with Gasteiger partial charge in [0.2, 0.25) is 0 Å². The van der Waals surface area contributed by atoms with Gasteiger partial charge in [-0.2, -0.15) is 0 Å². The molecule has 0 aromatic carbocycles. The van der Waals surface area contributed by atoms with Crippen molar-refractivity contribution in [1.82, 2.24) is 0 Å². The van der Waals surface area contributed by atoms with Crippen molar-refractivity contribution in [2.75, 3.05) is 6.61 Å². The minimum absolute atomic E-state index is 0.0291. The van der Waals surface area contributed by atoms with Crippen LogP contribution in [-0.4, -0.2) is 85.6 Å². The van der Waals surface area contributed by atoms with Crippen molar-refractivity contribution in [3.63, 3.8) is 0 Å². The van der Waals surface area contributed by atoms with E-state index in [-0.39, 0.29) is 33.7 Å². The van der Waals surface area contributed by atoms with Gasteiger partial charge in [-0.05, 0) is 118 Å². The summed E-state index contributed by atoms with van der Waals surface area (Å²) in [6, 6.07) is 0. The molecular formula is C36H60O9. The van der Waals surface area contributed by atoms with Crippen LogP contribution >= 0.6 is 0 Å². The summed E-state index contributed by atoms with van der Waals surface area (Å²) in [4.78, 5) is 12.9. The molecule has 0 aromatic heterocycles. The van der Waals surface area contributed by atoms with Gasteiger partial charge in [0.1, 0.15) is 24.4 Å². The summed E-state index contributed by atoms with van der Waals surface area (Å²) >= 11 is 0. The summed E-state index contributed by atoms with van der Waals surface area (Å²) in [6.07, 6.45) is 2.60. The number of aliphatic hydroxyl groups is 5. The highest BCUT2D eigenvalue weighted by molar-refractivity contribution is 5.70. The van der Waals surface area contributed by atoms with Crippen molar-refractivity contribution in [1.29, 1.82) is 0 Å². The van der Waals surface area contributed by atoms with Crippen molar-refractivity contribution in [3.05, 3.63) is 11.1 Å². The summed E-state index contributed by atoms with van der Waals surface area (Å²) < 4.78 is 11.6. The molecule has 9 heteroatoms. The molecule has 1 saturated heterocycles. The predicted molar refractivity (Wildman–Crippen MR) is 169 cm³/mol. The molecule has 12 atom stereocenters. The first-order chi connectivity index (χ1) is 20.8. The average molecular weight is 637 g/mol. The molecule has 0 aromatic rings. The van der Waals surface area contributed by atoms with Crippen molar-refractivity contribution in [2.45, 2.75) is 162 Å². The van der Waals surface area contributed by atoms with E-state index in [2.05, 4.69) is 34.6 Å². The van der Waals surface area contributed by atoms with Crippen LogP contribution in [0.2, 0.25) is 0 Å². The van der Waals surface area contributed by atoms with Gasteiger partial charge in [0.15, 0.2) is 6.29 Å². The van der Waals surface area contributed by atoms with E-state index in [9.17, 15) is 35.4 Å². The molecule has 1 heterocycles. The molecule has 5 aliphatic rings. The van der Waals surface area contributed by atoms with Crippen molar-refractivity contribution in [2.24, 2.45) is 39.4 Å². The van der Waals surface area contributed by atoms with Crippen LogP contribution < -0.4 is 0 Å². The number of ether oxygens (including phenoxy) is 2. The number of carbonyl (C=O) groups is 1. The van der Waals surface area contributed by atoms with Crippen LogP contribution in [0.5, 0.6) is 0 Å². The van der Waals surface area contributed by atoms with E-state index in [0.29, 0.717) is 25.2 Å². The van der Waals surface area contributed by atoms with Gasteiger partial charge in [0.05, 0.1) is 24.2 Å². The van der Waals surface area contributed by atoms with E-state index in [1.165, 1.54) is 0 Å². The number of hydrogen-bond donors (Lipinski definition) is 6. The summed E-state index contributed by atoms with van der Waals surface area (Å²) in [5.74, 6) is -0.689. The number of aliphatic carboxylic acids is 1. The molecule has 6 unspecified atom stereocenters. The molecule has 1 aliphatic heterocycles. The molecule has 0 spiro atoms. The van der Waals surface area contributed by atoms with E-state index in [0.717, 1.165) is 51.4 Å². The van der Waals surface area contributed by atoms with Gasteiger partial charge < -0.3 is 40.1 Å². The topological polar surface area (TPSA) is 157 Å². The number of fused-ring (bicyclic) bond motifs is 4. The van der Waals surface area contributed by atoms with Crippen LogP contribution in [0.15, 0.2) is 11.1 Å². The van der Waals surface area contributed by atoms with Gasteiger partial charge in [-0.25, -0.2) is 0 Å². The normalized spacial score (nSPS) is 45.4. The standard InChI is InChI=1S/C36H60O9/c1-32(2,45-31-29(41)28(40)27(39)24(19-37)44-31)15-8-9-20(30(42)43)21-12-17-36(7)23-10-11-25-33(3,4)26(38)14-16-34(25,5)22(23)13-18-35(21,36)6/h20-21,24-29,31,37-41H,8-19H2,1-7H3,(H,42,43)/t20-,21-,24?,25?,26+,27?,28?,29?,31?,34-,35-,36+/m1/s1. The Labute approximate surface area is 269 Å². The molecule has 5 rings (SSSR count). The smallest absolute Gasteiger partial charge is 0.306 e. The van der Waals surface area contributed by atoms with Crippen molar-refractivity contribution < 1.29 is 44.9 Å². The van der Waals surface area contributed by atoms with E-state index < -0.39 is 54.8 Å². The van der Waals surface area contributed by atoms with E-state index in [1.807, 2.05) is 13.8 Å². The number of hydrogen-bond acceptors (Lipinski definition) is 8. The summed E-state index contributed by atoms with van der Waals surface area (Å²) in [5.41, 5.74) is 2.27. The van der Waals surface area contributed by atoms with Crippen LogP contribution in [-0.2, 0) is 14.3 Å². The van der Waals surface area contributed by atoms with Gasteiger partial charge in [0, 0.05) is 0 Å². The monoisotopic (exact) mass is 636 g/mol. The lowest BCUT2D eigenvalue weighted by molar-refractivity contribution is -0.323. The SMILES string of the molecule is CC(C)(CCC[C@@H](C(=O)O)[C@H]1CC[C@@]2(C)C3=C(CC[C@]12C)[C@@]1(C)CC[C@H](O)C(C)(C)C1CC3)OC1OC(CO)C(O)C(O)C1O. The first-order valence-corrected chi connectivity index (χ1v) is 17.5. The lowest BCUT2D eigenvalue weighted by atomic mass is 9.43. The van der Waals surface area contributed by atoms with E-state index in [1.54, 1.807) is 11.1 Å². The fraction of sp³-hybridized carbons (Fsp3) is 0.917. The molecule has 0 amide bonds. The largest absolute Gasteiger partial charge is 0.481 e. The number of rotatable bonds is 9. The summed E-state index contributed by atoms with van der Waals surface area (Å²) in [5, 5.41) is 61.7. The first-order valence-electron chi connectivity index (χ1n) is 17.5. The zero-order valence-corrected chi connectivity index (χ0v) is 28.6. The van der Waals surface area contributed by atoms with Gasteiger partial charge in [-0.1, -0.05) is 45.8 Å². The zero-order valence-electron chi connectivity index (χ0n) is 28.6. The minimum atomic E-state index is -1.51. The quantitative estimate of drug-likeness (QED) is 0.200. The third-order valence-electron chi connectivity index (χ3n) is 14.2. The van der Waals surface area contributed by atoms with Gasteiger partial charge in [-0.15, -0.1) is 0 Å². The van der Waals surface area contributed by atoms with Crippen LogP contribution in [0.25, 0.3) is 0 Å². The van der Waals surface area contributed by atoms with E-state index in [4.69, 9.17) is 9.47 Å². The first kappa shape index (κ1) is 35.2. The van der Waals surface area contributed by atoms with Crippen LogP contribution in [0.3, 0.4) is 0 Å². The lowest BCUT2D eigenvalue weighted by Crippen LogP contribution is -2.60. The molecule has 9 nitrogen and oxygen atoms in total. The highest BCUT2D eigenvalue weighted by Gasteiger charge is 2.64. The fourth-order valence-corrected chi connectivity index (χ4v) is 11.1. The Morgan fingerprint density at radius 2 is 1.62 bits per heavy atom. The highest BCUT2D eigenvalue weighted by atomic mass is 16.7. The summed E-state index contributed by atoms with van der Waals surface area (Å²) in [6.45, 7) is 14.9. The molecule has 45 heavy (non-hydrogen) atoms. The molecule has 6 N–H and O–H groups in total. The Hall–Kier alpha value is -1.07. The minimum Gasteiger partial charge on any atom is -0.481 e. The Morgan fingerprint density at radius 3 is 2.27 bits per heavy atom. The summed E-state index contributed by atoms with van der Waals surface area (Å²) in [7, 11) is 0. The maximum absolute atomic E-state index is 12.9. The molecule has 258 valence electrons. The number of allylic oxidation sites excluding steroid dienone is 2. The second-order valence-electron chi connectivity index (χ2n) is 17.1. The van der Waals surface area contributed by atoms with Gasteiger partial charge >= 0.3 is 5.97 Å². The van der Waals surface area contributed by atoms with Crippen LogP contribution in [0.1, 0.15) is 119 Å². The second kappa shape index (κ2) is 12.1. The van der Waals surface area contributed by atoms with Crippen LogP contribution in [0.4, 0.5) is 0 Å². The van der Waals surface area contributed by atoms with Crippen molar-refractivity contribution in [3.8, 4) is 0 Å². The Kier molecular flexibility index (Phi) is 9.49. The molecular weight excluding hydrogens is 576 g/mol. The molecule has 3 fully saturated rings. The predicted octanol–water partition coefficient (Wildman–Crippen LogP) is 4.56. The number of aliphatic hydroxyl groups excluding tert-OH is 5. The molecule has 0 radical (unpaired) electrons.